The van der Waals surface area contributed by atoms with Gasteiger partial charge in [-0.25, -0.2) is 5.06 Å². The minimum atomic E-state index is -0.369. The molecule has 0 aliphatic rings. The van der Waals surface area contributed by atoms with Crippen LogP contribution in [0, 0.1) is 12.3 Å². The van der Waals surface area contributed by atoms with Gasteiger partial charge in [-0.3, -0.25) is 9.63 Å². The van der Waals surface area contributed by atoms with Crippen LogP contribution in [0.2, 0.25) is 0 Å². The second kappa shape index (κ2) is 6.38. The molecule has 0 saturated carbocycles. The van der Waals surface area contributed by atoms with Crippen LogP contribution < -0.4 is 0 Å². The number of amides is 1. The Kier molecular flexibility index (Phi) is 5.66. The molecule has 0 aromatic rings. The molecule has 0 saturated heterocycles. The molecule has 1 amide bonds. The Morgan fingerprint density at radius 3 is 2.83 bits per heavy atom. The maximum atomic E-state index is 11.0. The molecule has 12 heavy (non-hydrogen) atoms. The van der Waals surface area contributed by atoms with E-state index in [2.05, 4.69) is 5.92 Å². The summed E-state index contributed by atoms with van der Waals surface area (Å²) in [5, 5.41) is 0.965. The van der Waals surface area contributed by atoms with Crippen LogP contribution in [0.3, 0.4) is 0 Å². The average Bonchev–Trinajstić information content (AvgIpc) is 2.04. The van der Waals surface area contributed by atoms with Crippen molar-refractivity contribution in [3.63, 3.8) is 0 Å². The van der Waals surface area contributed by atoms with Gasteiger partial charge in [-0.2, -0.15) is 0 Å². The summed E-state index contributed by atoms with van der Waals surface area (Å²) in [5.74, 6) is 1.81. The highest BCUT2D eigenvalue weighted by atomic mass is 16.7. The highest BCUT2D eigenvalue weighted by Gasteiger charge is 2.10. The maximum absolute atomic E-state index is 11.0. The Bertz CT molecular complexity index is 195. The maximum Gasteiger partial charge on any atom is 0.258 e. The molecule has 0 N–H and O–H groups in total. The van der Waals surface area contributed by atoms with Gasteiger partial charge in [-0.05, 0) is 6.92 Å². The van der Waals surface area contributed by atoms with Crippen molar-refractivity contribution in [2.75, 3.05) is 13.2 Å². The van der Waals surface area contributed by atoms with Crippen molar-refractivity contribution in [1.29, 1.82) is 0 Å². The van der Waals surface area contributed by atoms with E-state index >= 15 is 0 Å². The lowest BCUT2D eigenvalue weighted by atomic mass is 10.4. The molecule has 0 aliphatic heterocycles. The van der Waals surface area contributed by atoms with Crippen molar-refractivity contribution in [2.45, 2.75) is 13.3 Å². The third-order valence-corrected chi connectivity index (χ3v) is 1.06. The van der Waals surface area contributed by atoms with E-state index < -0.39 is 0 Å². The van der Waals surface area contributed by atoms with Gasteiger partial charge in [0.1, 0.15) is 12.8 Å². The summed E-state index contributed by atoms with van der Waals surface area (Å²) in [6.45, 7) is 1.99. The molecule has 0 atom stereocenters. The SMILES string of the molecule is C#CCC(=O)N(CC=O)OCC. The Labute approximate surface area is 71.4 Å². The van der Waals surface area contributed by atoms with Gasteiger partial charge in [0.25, 0.3) is 5.91 Å². The Morgan fingerprint density at radius 2 is 2.42 bits per heavy atom. The molecule has 0 aromatic heterocycles. The zero-order valence-electron chi connectivity index (χ0n) is 6.95. The molecule has 0 unspecified atom stereocenters. The van der Waals surface area contributed by atoms with Gasteiger partial charge in [0.15, 0.2) is 0 Å². The number of hydroxylamine groups is 2. The van der Waals surface area contributed by atoms with Crippen LogP contribution >= 0.6 is 0 Å². The third-order valence-electron chi connectivity index (χ3n) is 1.06. The molecule has 0 fully saturated rings. The molecule has 0 bridgehead atoms. The van der Waals surface area contributed by atoms with E-state index in [0.717, 1.165) is 5.06 Å². The predicted molar refractivity (Wildman–Crippen MR) is 42.9 cm³/mol. The first-order valence-corrected chi connectivity index (χ1v) is 3.56. The fourth-order valence-corrected chi connectivity index (χ4v) is 0.626. The number of hydrogen-bond acceptors (Lipinski definition) is 3. The topological polar surface area (TPSA) is 46.6 Å². The van der Waals surface area contributed by atoms with Gasteiger partial charge in [-0.15, -0.1) is 6.42 Å². The smallest absolute Gasteiger partial charge is 0.258 e. The van der Waals surface area contributed by atoms with Crippen molar-refractivity contribution in [3.05, 3.63) is 0 Å². The summed E-state index contributed by atoms with van der Waals surface area (Å²) < 4.78 is 0. The summed E-state index contributed by atoms with van der Waals surface area (Å²) in [7, 11) is 0. The lowest BCUT2D eigenvalue weighted by Crippen LogP contribution is -2.32. The highest BCUT2D eigenvalue weighted by molar-refractivity contribution is 5.79. The van der Waals surface area contributed by atoms with Crippen LogP contribution in [0.25, 0.3) is 0 Å². The second-order valence-electron chi connectivity index (χ2n) is 1.92. The molecule has 4 heteroatoms. The number of aldehydes is 1. The number of carbonyl (C=O) groups is 2. The van der Waals surface area contributed by atoms with E-state index in [-0.39, 0.29) is 18.9 Å². The van der Waals surface area contributed by atoms with E-state index in [4.69, 9.17) is 11.3 Å². The van der Waals surface area contributed by atoms with Gasteiger partial charge >= 0.3 is 0 Å². The first-order chi connectivity index (χ1) is 5.76. The Balaban J connectivity index is 4.00. The van der Waals surface area contributed by atoms with E-state index in [1.54, 1.807) is 6.92 Å². The first kappa shape index (κ1) is 10.7. The highest BCUT2D eigenvalue weighted by Crippen LogP contribution is 1.93. The van der Waals surface area contributed by atoms with Gasteiger partial charge in [-0.1, -0.05) is 5.92 Å². The monoisotopic (exact) mass is 169 g/mol. The molecule has 0 aromatic carbocycles. The number of terminal acetylenes is 1. The normalized spacial score (nSPS) is 8.67. The first-order valence-electron chi connectivity index (χ1n) is 3.56. The number of rotatable bonds is 5. The largest absolute Gasteiger partial charge is 0.301 e. The zero-order chi connectivity index (χ0) is 9.40. The average molecular weight is 169 g/mol. The van der Waals surface area contributed by atoms with E-state index in [0.29, 0.717) is 12.9 Å². The molecular weight excluding hydrogens is 158 g/mol. The Morgan fingerprint density at radius 1 is 1.75 bits per heavy atom. The lowest BCUT2D eigenvalue weighted by molar-refractivity contribution is -0.183. The summed E-state index contributed by atoms with van der Waals surface area (Å²) in [4.78, 5) is 25.9. The van der Waals surface area contributed by atoms with Crippen LogP contribution in [-0.2, 0) is 14.4 Å². The van der Waals surface area contributed by atoms with Crippen LogP contribution in [0.4, 0.5) is 0 Å². The fraction of sp³-hybridized carbons (Fsp3) is 0.500. The van der Waals surface area contributed by atoms with Crippen molar-refractivity contribution >= 4 is 12.2 Å². The molecule has 0 heterocycles. The summed E-state index contributed by atoms with van der Waals surface area (Å²) in [6.07, 6.45) is 5.46. The van der Waals surface area contributed by atoms with Crippen molar-refractivity contribution < 1.29 is 14.4 Å². The van der Waals surface area contributed by atoms with Crippen LogP contribution in [-0.4, -0.2) is 30.4 Å². The quantitative estimate of drug-likeness (QED) is 0.330. The summed E-state index contributed by atoms with van der Waals surface area (Å²) in [6, 6.07) is 0. The van der Waals surface area contributed by atoms with Gasteiger partial charge in [0, 0.05) is 0 Å². The van der Waals surface area contributed by atoms with Crippen molar-refractivity contribution in [1.82, 2.24) is 5.06 Å². The Hall–Kier alpha value is -1.34. The lowest BCUT2D eigenvalue weighted by Gasteiger charge is -2.16. The van der Waals surface area contributed by atoms with Crippen LogP contribution in [0.15, 0.2) is 0 Å². The number of nitrogens with zero attached hydrogens (tertiary/aromatic N) is 1. The van der Waals surface area contributed by atoms with Crippen molar-refractivity contribution in [3.8, 4) is 12.3 Å². The van der Waals surface area contributed by atoms with Gasteiger partial charge in [0.05, 0.1) is 13.0 Å². The third kappa shape index (κ3) is 3.74. The van der Waals surface area contributed by atoms with Gasteiger partial charge in [0.2, 0.25) is 0 Å². The molecule has 0 aliphatic carbocycles. The minimum absolute atomic E-state index is 0.0478. The molecule has 66 valence electrons. The zero-order valence-corrected chi connectivity index (χ0v) is 6.95. The fourth-order valence-electron chi connectivity index (χ4n) is 0.626. The van der Waals surface area contributed by atoms with E-state index in [1.807, 2.05) is 0 Å². The standard InChI is InChI=1S/C8H11NO3/c1-3-5-8(11)9(6-7-10)12-4-2/h1,7H,4-6H2,2H3. The van der Waals surface area contributed by atoms with Crippen LogP contribution in [0.5, 0.6) is 0 Å². The van der Waals surface area contributed by atoms with Crippen LogP contribution in [0.1, 0.15) is 13.3 Å². The minimum Gasteiger partial charge on any atom is -0.301 e. The van der Waals surface area contributed by atoms with Crippen molar-refractivity contribution in [2.24, 2.45) is 0 Å². The van der Waals surface area contributed by atoms with Gasteiger partial charge < -0.3 is 4.79 Å². The second-order valence-corrected chi connectivity index (χ2v) is 1.92. The molecular formula is C8H11NO3. The molecule has 0 radical (unpaired) electrons. The predicted octanol–water partition coefficient (Wildman–Crippen LogP) is -0.0113. The number of carbonyl (C=O) groups excluding carboxylic acids is 2. The molecule has 0 spiro atoms. The number of hydrogen-bond donors (Lipinski definition) is 0. The summed E-state index contributed by atoms with van der Waals surface area (Å²) >= 11 is 0. The van der Waals surface area contributed by atoms with E-state index in [1.165, 1.54) is 0 Å². The summed E-state index contributed by atoms with van der Waals surface area (Å²) in [5.41, 5.74) is 0. The molecule has 4 nitrogen and oxygen atoms in total. The molecule has 0 rings (SSSR count). The van der Waals surface area contributed by atoms with E-state index in [9.17, 15) is 9.59 Å².